The Hall–Kier alpha value is -2.33. The molecule has 2 aromatic carbocycles. The summed E-state index contributed by atoms with van der Waals surface area (Å²) >= 11 is 0. The molecule has 102 valence electrons. The molecule has 0 spiro atoms. The van der Waals surface area contributed by atoms with Crippen molar-refractivity contribution < 1.29 is 5.11 Å². The summed E-state index contributed by atoms with van der Waals surface area (Å²) in [5, 5.41) is 18.4. The van der Waals surface area contributed by atoms with Gasteiger partial charge in [0.2, 0.25) is 0 Å². The molecule has 4 nitrogen and oxygen atoms in total. The van der Waals surface area contributed by atoms with E-state index < -0.39 is 0 Å². The van der Waals surface area contributed by atoms with Crippen molar-refractivity contribution in [1.82, 2.24) is 15.1 Å². The molecule has 3 aromatic rings. The lowest BCUT2D eigenvalue weighted by molar-refractivity contribution is 0.475. The molecule has 0 amide bonds. The topological polar surface area (TPSA) is 50.1 Å². The minimum atomic E-state index is 0.287. The van der Waals surface area contributed by atoms with E-state index in [1.54, 1.807) is 12.1 Å². The van der Waals surface area contributed by atoms with Crippen LogP contribution < -0.4 is 5.32 Å². The van der Waals surface area contributed by atoms with Crippen molar-refractivity contribution in [2.24, 2.45) is 0 Å². The summed E-state index contributed by atoms with van der Waals surface area (Å²) in [6.45, 7) is 1.45. The summed E-state index contributed by atoms with van der Waals surface area (Å²) in [5.41, 5.74) is 3.31. The lowest BCUT2D eigenvalue weighted by Crippen LogP contribution is -2.07. The minimum Gasteiger partial charge on any atom is -0.508 e. The Balaban J connectivity index is 2.00. The molecule has 0 unspecified atom stereocenters. The second-order valence-electron chi connectivity index (χ2n) is 4.82. The maximum absolute atomic E-state index is 9.34. The fraction of sp³-hybridized carbons (Fsp3) is 0.188. The Bertz CT molecular complexity index is 716. The summed E-state index contributed by atoms with van der Waals surface area (Å²) in [7, 11) is 1.92. The van der Waals surface area contributed by atoms with Gasteiger partial charge in [0.1, 0.15) is 5.75 Å². The van der Waals surface area contributed by atoms with Crippen LogP contribution in [0, 0.1) is 0 Å². The van der Waals surface area contributed by atoms with Gasteiger partial charge in [-0.05, 0) is 30.8 Å². The molecule has 0 bridgehead atoms. The smallest absolute Gasteiger partial charge is 0.115 e. The summed E-state index contributed by atoms with van der Waals surface area (Å²) in [4.78, 5) is 0. The molecule has 1 heterocycles. The molecule has 1 aromatic heterocycles. The van der Waals surface area contributed by atoms with E-state index in [-0.39, 0.29) is 5.75 Å². The summed E-state index contributed by atoms with van der Waals surface area (Å²) in [6, 6.07) is 15.5. The predicted octanol–water partition coefficient (Wildman–Crippen LogP) is 2.51. The SMILES string of the molecule is CNCc1nn(Cc2ccc(O)cc2)c2ccccc12. The van der Waals surface area contributed by atoms with Crippen LogP contribution in [0.3, 0.4) is 0 Å². The second-order valence-corrected chi connectivity index (χ2v) is 4.82. The van der Waals surface area contributed by atoms with E-state index in [1.807, 2.05) is 36.0 Å². The van der Waals surface area contributed by atoms with E-state index in [0.29, 0.717) is 6.54 Å². The first-order valence-electron chi connectivity index (χ1n) is 6.65. The molecule has 2 N–H and O–H groups in total. The van der Waals surface area contributed by atoms with E-state index in [4.69, 9.17) is 0 Å². The van der Waals surface area contributed by atoms with Gasteiger partial charge in [0.15, 0.2) is 0 Å². The molecule has 4 heteroatoms. The van der Waals surface area contributed by atoms with Crippen LogP contribution in [-0.4, -0.2) is 21.9 Å². The van der Waals surface area contributed by atoms with Gasteiger partial charge in [-0.15, -0.1) is 0 Å². The van der Waals surface area contributed by atoms with Crippen molar-refractivity contribution in [3.63, 3.8) is 0 Å². The Kier molecular flexibility index (Phi) is 3.39. The lowest BCUT2D eigenvalue weighted by atomic mass is 10.2. The third-order valence-corrected chi connectivity index (χ3v) is 3.35. The van der Waals surface area contributed by atoms with Crippen LogP contribution in [0.2, 0.25) is 0 Å². The highest BCUT2D eigenvalue weighted by Crippen LogP contribution is 2.20. The fourth-order valence-electron chi connectivity index (χ4n) is 2.39. The number of rotatable bonds is 4. The minimum absolute atomic E-state index is 0.287. The molecular formula is C16H17N3O. The van der Waals surface area contributed by atoms with Crippen LogP contribution in [0.5, 0.6) is 5.75 Å². The molecule has 0 aliphatic heterocycles. The number of hydrogen-bond donors (Lipinski definition) is 2. The highest BCUT2D eigenvalue weighted by molar-refractivity contribution is 5.82. The monoisotopic (exact) mass is 267 g/mol. The molecular weight excluding hydrogens is 250 g/mol. The van der Waals surface area contributed by atoms with Crippen LogP contribution in [0.15, 0.2) is 48.5 Å². The van der Waals surface area contributed by atoms with Crippen LogP contribution in [0.1, 0.15) is 11.3 Å². The van der Waals surface area contributed by atoms with Gasteiger partial charge in [0, 0.05) is 11.9 Å². The average molecular weight is 267 g/mol. The number of phenolic OH excluding ortho intramolecular Hbond substituents is 1. The van der Waals surface area contributed by atoms with E-state index in [2.05, 4.69) is 22.5 Å². The molecule has 0 aliphatic carbocycles. The molecule has 20 heavy (non-hydrogen) atoms. The van der Waals surface area contributed by atoms with Crippen molar-refractivity contribution in [2.45, 2.75) is 13.1 Å². The Morgan fingerprint density at radius 1 is 1.10 bits per heavy atom. The van der Waals surface area contributed by atoms with Crippen LogP contribution in [0.25, 0.3) is 10.9 Å². The van der Waals surface area contributed by atoms with Crippen molar-refractivity contribution >= 4 is 10.9 Å². The highest BCUT2D eigenvalue weighted by atomic mass is 16.3. The Morgan fingerprint density at radius 2 is 1.85 bits per heavy atom. The molecule has 0 atom stereocenters. The van der Waals surface area contributed by atoms with Crippen molar-refractivity contribution in [3.05, 3.63) is 59.8 Å². The van der Waals surface area contributed by atoms with Gasteiger partial charge in [-0.25, -0.2) is 0 Å². The average Bonchev–Trinajstić information content (AvgIpc) is 2.81. The largest absolute Gasteiger partial charge is 0.508 e. The number of nitrogens with zero attached hydrogens (tertiary/aromatic N) is 2. The van der Waals surface area contributed by atoms with Gasteiger partial charge in [-0.2, -0.15) is 5.10 Å². The first kappa shape index (κ1) is 12.7. The molecule has 3 rings (SSSR count). The normalized spacial score (nSPS) is 11.1. The van der Waals surface area contributed by atoms with E-state index in [1.165, 1.54) is 5.39 Å². The van der Waals surface area contributed by atoms with Crippen molar-refractivity contribution in [2.75, 3.05) is 7.05 Å². The predicted molar refractivity (Wildman–Crippen MR) is 79.7 cm³/mol. The van der Waals surface area contributed by atoms with Crippen LogP contribution >= 0.6 is 0 Å². The number of benzene rings is 2. The van der Waals surface area contributed by atoms with Crippen LogP contribution in [-0.2, 0) is 13.1 Å². The van der Waals surface area contributed by atoms with Crippen molar-refractivity contribution in [3.8, 4) is 5.75 Å². The van der Waals surface area contributed by atoms with Gasteiger partial charge in [-0.3, -0.25) is 4.68 Å². The summed E-state index contributed by atoms with van der Waals surface area (Å²) in [6.07, 6.45) is 0. The summed E-state index contributed by atoms with van der Waals surface area (Å²) in [5.74, 6) is 0.287. The van der Waals surface area contributed by atoms with Gasteiger partial charge in [0.05, 0.1) is 17.8 Å². The first-order valence-corrected chi connectivity index (χ1v) is 6.65. The first-order chi connectivity index (χ1) is 9.78. The summed E-state index contributed by atoms with van der Waals surface area (Å²) < 4.78 is 2.01. The molecule has 0 fully saturated rings. The number of para-hydroxylation sites is 1. The lowest BCUT2D eigenvalue weighted by Gasteiger charge is -2.04. The number of nitrogens with one attached hydrogen (secondary N) is 1. The zero-order valence-electron chi connectivity index (χ0n) is 11.4. The Morgan fingerprint density at radius 3 is 2.60 bits per heavy atom. The number of hydrogen-bond acceptors (Lipinski definition) is 3. The molecule has 0 radical (unpaired) electrons. The van der Waals surface area contributed by atoms with Crippen LogP contribution in [0.4, 0.5) is 0 Å². The van der Waals surface area contributed by atoms with E-state index in [9.17, 15) is 5.11 Å². The van der Waals surface area contributed by atoms with E-state index >= 15 is 0 Å². The quantitative estimate of drug-likeness (QED) is 0.763. The maximum atomic E-state index is 9.34. The Labute approximate surface area is 117 Å². The molecule has 0 saturated heterocycles. The molecule has 0 aliphatic rings. The van der Waals surface area contributed by atoms with Gasteiger partial charge in [-0.1, -0.05) is 30.3 Å². The van der Waals surface area contributed by atoms with E-state index in [0.717, 1.165) is 23.3 Å². The highest BCUT2D eigenvalue weighted by Gasteiger charge is 2.09. The number of fused-ring (bicyclic) bond motifs is 1. The zero-order chi connectivity index (χ0) is 13.9. The van der Waals surface area contributed by atoms with Gasteiger partial charge >= 0.3 is 0 Å². The standard InChI is InChI=1S/C16H17N3O/c1-17-10-15-14-4-2-3-5-16(14)19(18-15)11-12-6-8-13(20)9-7-12/h2-9,17,20H,10-11H2,1H3. The zero-order valence-corrected chi connectivity index (χ0v) is 11.4. The fourth-order valence-corrected chi connectivity index (χ4v) is 2.39. The van der Waals surface area contributed by atoms with Crippen molar-refractivity contribution in [1.29, 1.82) is 0 Å². The maximum Gasteiger partial charge on any atom is 0.115 e. The number of aromatic hydroxyl groups is 1. The second kappa shape index (κ2) is 5.35. The number of phenols is 1. The third kappa shape index (κ3) is 2.38. The van der Waals surface area contributed by atoms with Gasteiger partial charge in [0.25, 0.3) is 0 Å². The number of aromatic nitrogens is 2. The molecule has 0 saturated carbocycles. The van der Waals surface area contributed by atoms with Gasteiger partial charge < -0.3 is 10.4 Å². The third-order valence-electron chi connectivity index (χ3n) is 3.35.